The SMILES string of the molecule is CCC(CO)NC(=O)Cc1csc(N)n1. The first-order valence-electron chi connectivity index (χ1n) is 4.75. The lowest BCUT2D eigenvalue weighted by Gasteiger charge is -2.13. The number of hydrogen-bond acceptors (Lipinski definition) is 5. The highest BCUT2D eigenvalue weighted by atomic mass is 32.1. The highest BCUT2D eigenvalue weighted by Gasteiger charge is 2.11. The number of nitrogens with zero attached hydrogens (tertiary/aromatic N) is 1. The van der Waals surface area contributed by atoms with E-state index in [1.807, 2.05) is 6.92 Å². The van der Waals surface area contributed by atoms with Gasteiger partial charge in [0.15, 0.2) is 5.13 Å². The first-order valence-corrected chi connectivity index (χ1v) is 5.63. The number of rotatable bonds is 5. The molecule has 1 heterocycles. The Kier molecular flexibility index (Phi) is 4.51. The Morgan fingerprint density at radius 3 is 3.00 bits per heavy atom. The molecule has 1 unspecified atom stereocenters. The number of aliphatic hydroxyl groups is 1. The Hall–Kier alpha value is -1.14. The molecule has 1 aromatic heterocycles. The lowest BCUT2D eigenvalue weighted by atomic mass is 10.2. The van der Waals surface area contributed by atoms with Gasteiger partial charge in [-0.1, -0.05) is 6.92 Å². The van der Waals surface area contributed by atoms with Crippen LogP contribution in [0.15, 0.2) is 5.38 Å². The van der Waals surface area contributed by atoms with Crippen molar-refractivity contribution in [3.8, 4) is 0 Å². The Morgan fingerprint density at radius 1 is 1.80 bits per heavy atom. The van der Waals surface area contributed by atoms with Crippen LogP contribution in [0.4, 0.5) is 5.13 Å². The van der Waals surface area contributed by atoms with Crippen molar-refractivity contribution in [1.29, 1.82) is 0 Å². The van der Waals surface area contributed by atoms with E-state index in [1.54, 1.807) is 5.38 Å². The quantitative estimate of drug-likeness (QED) is 0.671. The van der Waals surface area contributed by atoms with Gasteiger partial charge in [-0.3, -0.25) is 4.79 Å². The van der Waals surface area contributed by atoms with Crippen LogP contribution in [-0.2, 0) is 11.2 Å². The van der Waals surface area contributed by atoms with Crippen LogP contribution in [0.5, 0.6) is 0 Å². The molecule has 84 valence electrons. The summed E-state index contributed by atoms with van der Waals surface area (Å²) in [7, 11) is 0. The molecule has 4 N–H and O–H groups in total. The van der Waals surface area contributed by atoms with Crippen LogP contribution < -0.4 is 11.1 Å². The number of nitrogen functional groups attached to an aromatic ring is 1. The maximum absolute atomic E-state index is 11.5. The molecular formula is C9H15N3O2S. The first kappa shape index (κ1) is 11.9. The second kappa shape index (κ2) is 5.67. The van der Waals surface area contributed by atoms with Gasteiger partial charge in [0.05, 0.1) is 24.8 Å². The summed E-state index contributed by atoms with van der Waals surface area (Å²) in [6, 6.07) is -0.173. The molecule has 0 radical (unpaired) electrons. The fourth-order valence-electron chi connectivity index (χ4n) is 1.12. The lowest BCUT2D eigenvalue weighted by molar-refractivity contribution is -0.121. The van der Waals surface area contributed by atoms with E-state index in [9.17, 15) is 4.79 Å². The van der Waals surface area contributed by atoms with Crippen LogP contribution in [0.3, 0.4) is 0 Å². The van der Waals surface area contributed by atoms with Gasteiger partial charge in [-0.05, 0) is 6.42 Å². The van der Waals surface area contributed by atoms with Gasteiger partial charge in [-0.15, -0.1) is 11.3 Å². The predicted molar refractivity (Wildman–Crippen MR) is 59.5 cm³/mol. The molecule has 0 bridgehead atoms. The van der Waals surface area contributed by atoms with Gasteiger partial charge in [0.1, 0.15) is 0 Å². The minimum Gasteiger partial charge on any atom is -0.394 e. The second-order valence-corrected chi connectivity index (χ2v) is 4.10. The molecular weight excluding hydrogens is 214 g/mol. The third-order valence-electron chi connectivity index (χ3n) is 1.99. The minimum absolute atomic E-state index is 0.0402. The molecule has 0 saturated carbocycles. The number of anilines is 1. The van der Waals surface area contributed by atoms with Crippen LogP contribution in [0.2, 0.25) is 0 Å². The molecule has 1 atom stereocenters. The summed E-state index contributed by atoms with van der Waals surface area (Å²) >= 11 is 1.31. The molecule has 0 aliphatic rings. The Balaban J connectivity index is 2.42. The van der Waals surface area contributed by atoms with E-state index in [1.165, 1.54) is 11.3 Å². The third-order valence-corrected chi connectivity index (χ3v) is 2.71. The number of nitrogens with two attached hydrogens (primary N) is 1. The summed E-state index contributed by atoms with van der Waals surface area (Å²) in [5.74, 6) is -0.138. The number of amides is 1. The summed E-state index contributed by atoms with van der Waals surface area (Å²) in [6.07, 6.45) is 0.922. The van der Waals surface area contributed by atoms with E-state index in [2.05, 4.69) is 10.3 Å². The van der Waals surface area contributed by atoms with Gasteiger partial charge in [0.2, 0.25) is 5.91 Å². The Labute approximate surface area is 92.3 Å². The molecule has 0 aromatic carbocycles. The number of nitrogens with one attached hydrogen (secondary N) is 1. The minimum atomic E-state index is -0.173. The van der Waals surface area contributed by atoms with Crippen LogP contribution in [0.25, 0.3) is 0 Å². The Morgan fingerprint density at radius 2 is 2.53 bits per heavy atom. The van der Waals surface area contributed by atoms with E-state index in [0.717, 1.165) is 0 Å². The molecule has 6 heteroatoms. The van der Waals surface area contributed by atoms with Gasteiger partial charge in [0.25, 0.3) is 0 Å². The highest BCUT2D eigenvalue weighted by molar-refractivity contribution is 7.13. The van der Waals surface area contributed by atoms with Crippen molar-refractivity contribution in [3.05, 3.63) is 11.1 Å². The zero-order chi connectivity index (χ0) is 11.3. The fraction of sp³-hybridized carbons (Fsp3) is 0.556. The molecule has 1 rings (SSSR count). The summed E-state index contributed by atoms with van der Waals surface area (Å²) in [5, 5.41) is 13.8. The van der Waals surface area contributed by atoms with Crippen LogP contribution in [0, 0.1) is 0 Å². The topological polar surface area (TPSA) is 88.2 Å². The smallest absolute Gasteiger partial charge is 0.226 e. The lowest BCUT2D eigenvalue weighted by Crippen LogP contribution is -2.37. The molecule has 1 amide bonds. The number of aromatic nitrogens is 1. The second-order valence-electron chi connectivity index (χ2n) is 3.21. The zero-order valence-corrected chi connectivity index (χ0v) is 9.38. The molecule has 15 heavy (non-hydrogen) atoms. The van der Waals surface area contributed by atoms with Crippen molar-refractivity contribution in [3.63, 3.8) is 0 Å². The molecule has 0 spiro atoms. The van der Waals surface area contributed by atoms with Gasteiger partial charge in [0, 0.05) is 5.38 Å². The summed E-state index contributed by atoms with van der Waals surface area (Å²) < 4.78 is 0. The number of hydrogen-bond donors (Lipinski definition) is 3. The molecule has 1 aromatic rings. The van der Waals surface area contributed by atoms with Gasteiger partial charge in [-0.25, -0.2) is 4.98 Å². The largest absolute Gasteiger partial charge is 0.394 e. The van der Waals surface area contributed by atoms with Crippen molar-refractivity contribution in [2.45, 2.75) is 25.8 Å². The van der Waals surface area contributed by atoms with Crippen LogP contribution in [0.1, 0.15) is 19.0 Å². The monoisotopic (exact) mass is 229 g/mol. The van der Waals surface area contributed by atoms with Crippen molar-refractivity contribution in [2.75, 3.05) is 12.3 Å². The maximum Gasteiger partial charge on any atom is 0.226 e. The molecule has 0 aliphatic heterocycles. The van der Waals surface area contributed by atoms with Crippen molar-refractivity contribution in [2.24, 2.45) is 0 Å². The van der Waals surface area contributed by atoms with Gasteiger partial charge >= 0.3 is 0 Å². The number of thiazole rings is 1. The van der Waals surface area contributed by atoms with E-state index in [0.29, 0.717) is 17.2 Å². The molecule has 0 fully saturated rings. The number of carbonyl (C=O) groups is 1. The van der Waals surface area contributed by atoms with E-state index >= 15 is 0 Å². The van der Waals surface area contributed by atoms with E-state index in [-0.39, 0.29) is 25.0 Å². The van der Waals surface area contributed by atoms with Crippen molar-refractivity contribution < 1.29 is 9.90 Å². The average Bonchev–Trinajstić information content (AvgIpc) is 2.60. The Bertz CT molecular complexity index is 323. The molecule has 5 nitrogen and oxygen atoms in total. The van der Waals surface area contributed by atoms with Gasteiger partial charge in [-0.2, -0.15) is 0 Å². The molecule has 0 saturated heterocycles. The van der Waals surface area contributed by atoms with E-state index in [4.69, 9.17) is 10.8 Å². The van der Waals surface area contributed by atoms with Crippen molar-refractivity contribution >= 4 is 22.4 Å². The first-order chi connectivity index (χ1) is 7.15. The van der Waals surface area contributed by atoms with Gasteiger partial charge < -0.3 is 16.2 Å². The maximum atomic E-state index is 11.5. The summed E-state index contributed by atoms with van der Waals surface area (Å²) in [5.41, 5.74) is 6.11. The fourth-order valence-corrected chi connectivity index (χ4v) is 1.69. The number of aliphatic hydroxyl groups excluding tert-OH is 1. The standard InChI is InChI=1S/C9H15N3O2S/c1-2-6(4-13)11-8(14)3-7-5-15-9(10)12-7/h5-6,13H,2-4H2,1H3,(H2,10,12)(H,11,14). The van der Waals surface area contributed by atoms with Crippen LogP contribution >= 0.6 is 11.3 Å². The average molecular weight is 229 g/mol. The van der Waals surface area contributed by atoms with Crippen LogP contribution in [-0.4, -0.2) is 28.6 Å². The van der Waals surface area contributed by atoms with Crippen molar-refractivity contribution in [1.82, 2.24) is 10.3 Å². The third kappa shape index (κ3) is 3.85. The summed E-state index contributed by atoms with van der Waals surface area (Å²) in [4.78, 5) is 15.4. The normalized spacial score (nSPS) is 12.4. The summed E-state index contributed by atoms with van der Waals surface area (Å²) in [6.45, 7) is 1.86. The number of carbonyl (C=O) groups excluding carboxylic acids is 1. The zero-order valence-electron chi connectivity index (χ0n) is 8.56. The van der Waals surface area contributed by atoms with E-state index < -0.39 is 0 Å². The highest BCUT2D eigenvalue weighted by Crippen LogP contribution is 2.11. The molecule has 0 aliphatic carbocycles. The predicted octanol–water partition coefficient (Wildman–Crippen LogP) is 0.155.